The Morgan fingerprint density at radius 2 is 1.93 bits per heavy atom. The number of nitrogens with zero attached hydrogens (tertiary/aromatic N) is 4. The van der Waals surface area contributed by atoms with Crippen molar-refractivity contribution in [1.29, 1.82) is 0 Å². The van der Waals surface area contributed by atoms with Crippen LogP contribution in [-0.4, -0.2) is 33.0 Å². The largest absolute Gasteiger partial charge is 0.272 e. The quantitative estimate of drug-likeness (QED) is 0.282. The Morgan fingerprint density at radius 1 is 1.19 bits per heavy atom. The molecule has 8 nitrogen and oxygen atoms in total. The molecular formula is C17H13N5O3S2. The second kappa shape index (κ2) is 9.01. The van der Waals surface area contributed by atoms with Crippen LogP contribution in [0.1, 0.15) is 5.56 Å². The number of nitrogens with one attached hydrogen (secondary N) is 1. The summed E-state index contributed by atoms with van der Waals surface area (Å²) in [5.41, 5.74) is 4.04. The van der Waals surface area contributed by atoms with Crippen molar-refractivity contribution in [3.8, 4) is 10.6 Å². The molecule has 0 atom stereocenters. The molecule has 1 heterocycles. The SMILES string of the molecule is O=C(CSc1nnc(-c2ccccc2)s1)NN=Cc1ccc([N+](=O)[O-])cc1. The van der Waals surface area contributed by atoms with Crippen LogP contribution in [0.4, 0.5) is 5.69 Å². The number of rotatable bonds is 7. The fraction of sp³-hybridized carbons (Fsp3) is 0.0588. The zero-order chi connectivity index (χ0) is 19.1. The van der Waals surface area contributed by atoms with E-state index in [0.717, 1.165) is 10.6 Å². The minimum Gasteiger partial charge on any atom is -0.272 e. The van der Waals surface area contributed by atoms with Crippen LogP contribution in [0.2, 0.25) is 0 Å². The van der Waals surface area contributed by atoms with Gasteiger partial charge >= 0.3 is 0 Å². The molecule has 0 spiro atoms. The maximum atomic E-state index is 11.8. The summed E-state index contributed by atoms with van der Waals surface area (Å²) in [4.78, 5) is 22.0. The molecule has 0 aliphatic carbocycles. The highest BCUT2D eigenvalue weighted by Crippen LogP contribution is 2.28. The highest BCUT2D eigenvalue weighted by molar-refractivity contribution is 8.01. The summed E-state index contributed by atoms with van der Waals surface area (Å²) in [5, 5.41) is 23.4. The van der Waals surface area contributed by atoms with E-state index in [-0.39, 0.29) is 17.3 Å². The van der Waals surface area contributed by atoms with E-state index in [1.54, 1.807) is 12.1 Å². The van der Waals surface area contributed by atoms with Gasteiger partial charge in [-0.15, -0.1) is 10.2 Å². The Balaban J connectivity index is 1.47. The maximum absolute atomic E-state index is 11.8. The van der Waals surface area contributed by atoms with Crippen molar-refractivity contribution in [3.63, 3.8) is 0 Å². The number of nitro benzene ring substituents is 1. The van der Waals surface area contributed by atoms with Gasteiger partial charge < -0.3 is 0 Å². The first kappa shape index (κ1) is 18.7. The van der Waals surface area contributed by atoms with E-state index < -0.39 is 4.92 Å². The summed E-state index contributed by atoms with van der Waals surface area (Å²) in [6.45, 7) is 0. The van der Waals surface area contributed by atoms with Crippen LogP contribution < -0.4 is 5.43 Å². The predicted octanol–water partition coefficient (Wildman–Crippen LogP) is 3.36. The number of amides is 1. The number of hydrogen-bond donors (Lipinski definition) is 1. The number of hydrogen-bond acceptors (Lipinski definition) is 8. The first-order valence-electron chi connectivity index (χ1n) is 7.70. The molecule has 1 N–H and O–H groups in total. The van der Waals surface area contributed by atoms with Gasteiger partial charge in [0.2, 0.25) is 0 Å². The smallest absolute Gasteiger partial charge is 0.269 e. The normalized spacial score (nSPS) is 10.8. The van der Waals surface area contributed by atoms with Gasteiger partial charge in [-0.1, -0.05) is 53.4 Å². The molecule has 0 aliphatic rings. The van der Waals surface area contributed by atoms with Gasteiger partial charge in [-0.05, 0) is 17.7 Å². The molecule has 3 rings (SSSR count). The van der Waals surface area contributed by atoms with Gasteiger partial charge in [0.25, 0.3) is 11.6 Å². The van der Waals surface area contributed by atoms with Crippen molar-refractivity contribution in [2.24, 2.45) is 5.10 Å². The van der Waals surface area contributed by atoms with Crippen LogP contribution in [0.15, 0.2) is 64.0 Å². The fourth-order valence-corrected chi connectivity index (χ4v) is 3.64. The summed E-state index contributed by atoms with van der Waals surface area (Å²) >= 11 is 2.70. The van der Waals surface area contributed by atoms with Crippen LogP contribution in [0.3, 0.4) is 0 Å². The first-order valence-corrected chi connectivity index (χ1v) is 9.50. The lowest BCUT2D eigenvalue weighted by atomic mass is 10.2. The minimum atomic E-state index is -0.476. The molecule has 1 aromatic heterocycles. The van der Waals surface area contributed by atoms with Crippen LogP contribution in [-0.2, 0) is 4.79 Å². The number of nitro groups is 1. The second-order valence-electron chi connectivity index (χ2n) is 5.17. The lowest BCUT2D eigenvalue weighted by molar-refractivity contribution is -0.384. The lowest BCUT2D eigenvalue weighted by Gasteiger charge is -1.97. The molecule has 27 heavy (non-hydrogen) atoms. The lowest BCUT2D eigenvalue weighted by Crippen LogP contribution is -2.19. The molecule has 0 radical (unpaired) electrons. The number of aromatic nitrogens is 2. The summed E-state index contributed by atoms with van der Waals surface area (Å²) in [6.07, 6.45) is 1.42. The molecule has 136 valence electrons. The number of carbonyl (C=O) groups is 1. The Kier molecular flexibility index (Phi) is 6.23. The Morgan fingerprint density at radius 3 is 2.63 bits per heavy atom. The summed E-state index contributed by atoms with van der Waals surface area (Å²) in [5.74, 6) is -0.129. The Labute approximate surface area is 162 Å². The molecule has 1 amide bonds. The summed E-state index contributed by atoms with van der Waals surface area (Å²) < 4.78 is 0.698. The molecule has 0 saturated carbocycles. The van der Waals surface area contributed by atoms with E-state index in [1.165, 1.54) is 41.4 Å². The molecule has 0 aliphatic heterocycles. The zero-order valence-corrected chi connectivity index (χ0v) is 15.4. The number of benzene rings is 2. The van der Waals surface area contributed by atoms with Gasteiger partial charge in [0.15, 0.2) is 4.34 Å². The van der Waals surface area contributed by atoms with Crippen molar-refractivity contribution in [2.75, 3.05) is 5.75 Å². The van der Waals surface area contributed by atoms with Crippen molar-refractivity contribution in [3.05, 3.63) is 70.3 Å². The van der Waals surface area contributed by atoms with E-state index >= 15 is 0 Å². The van der Waals surface area contributed by atoms with Crippen LogP contribution in [0.25, 0.3) is 10.6 Å². The standard InChI is InChI=1S/C17H13N5O3S2/c23-15(19-18-10-12-6-8-14(9-7-12)22(24)25)11-26-17-21-20-16(27-17)13-4-2-1-3-5-13/h1-10H,11H2,(H,19,23). The third-order valence-corrected chi connectivity index (χ3v) is 5.37. The average molecular weight is 399 g/mol. The van der Waals surface area contributed by atoms with Gasteiger partial charge in [0.05, 0.1) is 16.9 Å². The van der Waals surface area contributed by atoms with E-state index in [0.29, 0.717) is 9.90 Å². The van der Waals surface area contributed by atoms with E-state index in [9.17, 15) is 14.9 Å². The molecule has 10 heteroatoms. The average Bonchev–Trinajstić information content (AvgIpc) is 3.16. The van der Waals surface area contributed by atoms with E-state index in [2.05, 4.69) is 20.7 Å². The number of non-ortho nitro benzene ring substituents is 1. The Hall–Kier alpha value is -3.11. The number of carbonyl (C=O) groups excluding carboxylic acids is 1. The second-order valence-corrected chi connectivity index (χ2v) is 7.37. The van der Waals surface area contributed by atoms with E-state index in [1.807, 2.05) is 30.3 Å². The van der Waals surface area contributed by atoms with Gasteiger partial charge in [-0.3, -0.25) is 14.9 Å². The monoisotopic (exact) mass is 399 g/mol. The molecule has 0 fully saturated rings. The summed E-state index contributed by atoms with van der Waals surface area (Å²) in [6, 6.07) is 15.5. The van der Waals surface area contributed by atoms with Gasteiger partial charge in [0, 0.05) is 17.7 Å². The van der Waals surface area contributed by atoms with Gasteiger partial charge in [0.1, 0.15) is 5.01 Å². The topological polar surface area (TPSA) is 110 Å². The molecular weight excluding hydrogens is 386 g/mol. The number of hydrazone groups is 1. The Bertz CT molecular complexity index is 958. The van der Waals surface area contributed by atoms with Crippen molar-refractivity contribution in [1.82, 2.24) is 15.6 Å². The molecule has 0 unspecified atom stereocenters. The highest BCUT2D eigenvalue weighted by atomic mass is 32.2. The molecule has 2 aromatic carbocycles. The molecule has 3 aromatic rings. The maximum Gasteiger partial charge on any atom is 0.269 e. The summed E-state index contributed by atoms with van der Waals surface area (Å²) in [7, 11) is 0. The van der Waals surface area contributed by atoms with Crippen LogP contribution in [0, 0.1) is 10.1 Å². The van der Waals surface area contributed by atoms with Crippen molar-refractivity contribution < 1.29 is 9.72 Å². The van der Waals surface area contributed by atoms with Gasteiger partial charge in [-0.2, -0.15) is 5.10 Å². The molecule has 0 saturated heterocycles. The van der Waals surface area contributed by atoms with Crippen LogP contribution >= 0.6 is 23.1 Å². The van der Waals surface area contributed by atoms with Crippen molar-refractivity contribution in [2.45, 2.75) is 4.34 Å². The highest BCUT2D eigenvalue weighted by Gasteiger charge is 2.09. The van der Waals surface area contributed by atoms with Crippen LogP contribution in [0.5, 0.6) is 0 Å². The van der Waals surface area contributed by atoms with Gasteiger partial charge in [-0.25, -0.2) is 5.43 Å². The van der Waals surface area contributed by atoms with Crippen molar-refractivity contribution >= 4 is 40.9 Å². The third-order valence-electron chi connectivity index (χ3n) is 3.26. The zero-order valence-electron chi connectivity index (χ0n) is 13.8. The molecule has 0 bridgehead atoms. The predicted molar refractivity (Wildman–Crippen MR) is 105 cm³/mol. The van der Waals surface area contributed by atoms with E-state index in [4.69, 9.17) is 0 Å². The number of thioether (sulfide) groups is 1. The fourth-order valence-electron chi connectivity index (χ4n) is 1.99. The third kappa shape index (κ3) is 5.43. The first-order chi connectivity index (χ1) is 13.1. The minimum absolute atomic E-state index is 0.000449.